The van der Waals surface area contributed by atoms with Gasteiger partial charge in [0, 0.05) is 4.90 Å². The van der Waals surface area contributed by atoms with E-state index in [1.54, 1.807) is 0 Å². The second-order valence-electron chi connectivity index (χ2n) is 5.05. The Labute approximate surface area is 136 Å². The van der Waals surface area contributed by atoms with Crippen LogP contribution >= 0.6 is 11.8 Å². The number of carbonyl (C=O) groups excluding carboxylic acids is 1. The van der Waals surface area contributed by atoms with Crippen molar-refractivity contribution in [3.05, 3.63) is 59.7 Å². The Kier molecular flexibility index (Phi) is 6.34. The summed E-state index contributed by atoms with van der Waals surface area (Å²) < 4.78 is 5.63. The van der Waals surface area contributed by atoms with Gasteiger partial charge in [-0.25, -0.2) is 0 Å². The molecule has 2 aromatic rings. The van der Waals surface area contributed by atoms with Crippen molar-refractivity contribution in [2.75, 3.05) is 18.9 Å². The lowest BCUT2D eigenvalue weighted by Crippen LogP contribution is -2.29. The first-order valence-electron chi connectivity index (χ1n) is 7.30. The molecule has 0 saturated heterocycles. The zero-order chi connectivity index (χ0) is 15.8. The van der Waals surface area contributed by atoms with Crippen LogP contribution in [0.5, 0.6) is 5.75 Å². The summed E-state index contributed by atoms with van der Waals surface area (Å²) in [6, 6.07) is 15.9. The minimum atomic E-state index is 0.0255. The minimum Gasteiger partial charge on any atom is -0.492 e. The van der Waals surface area contributed by atoms with Crippen LogP contribution in [0.3, 0.4) is 0 Å². The smallest absolute Gasteiger partial charge is 0.230 e. The summed E-state index contributed by atoms with van der Waals surface area (Å²) in [6.45, 7) is 5.12. The second kappa shape index (κ2) is 8.49. The molecule has 0 aromatic heterocycles. The molecule has 22 heavy (non-hydrogen) atoms. The highest BCUT2D eigenvalue weighted by molar-refractivity contribution is 8.00. The van der Waals surface area contributed by atoms with Crippen molar-refractivity contribution in [2.24, 2.45) is 0 Å². The summed E-state index contributed by atoms with van der Waals surface area (Å²) in [6.07, 6.45) is 0. The van der Waals surface area contributed by atoms with Gasteiger partial charge in [0.25, 0.3) is 0 Å². The first kappa shape index (κ1) is 16.4. The third-order valence-electron chi connectivity index (χ3n) is 3.28. The number of hydrogen-bond acceptors (Lipinski definition) is 3. The summed E-state index contributed by atoms with van der Waals surface area (Å²) in [5.41, 5.74) is 2.46. The fourth-order valence-electron chi connectivity index (χ4n) is 1.88. The van der Waals surface area contributed by atoms with Crippen molar-refractivity contribution >= 4 is 17.7 Å². The van der Waals surface area contributed by atoms with E-state index < -0.39 is 0 Å². The number of thioether (sulfide) groups is 1. The lowest BCUT2D eigenvalue weighted by atomic mass is 10.1. The second-order valence-corrected chi connectivity index (χ2v) is 6.09. The van der Waals surface area contributed by atoms with E-state index in [0.717, 1.165) is 10.6 Å². The molecule has 2 aromatic carbocycles. The van der Waals surface area contributed by atoms with Gasteiger partial charge in [-0.05, 0) is 49.2 Å². The molecule has 4 heteroatoms. The van der Waals surface area contributed by atoms with Gasteiger partial charge in [-0.15, -0.1) is 11.8 Å². The number of amides is 1. The molecule has 0 unspecified atom stereocenters. The van der Waals surface area contributed by atoms with E-state index in [2.05, 4.69) is 19.2 Å². The van der Waals surface area contributed by atoms with Crippen LogP contribution in [-0.4, -0.2) is 24.8 Å². The lowest BCUT2D eigenvalue weighted by molar-refractivity contribution is -0.118. The van der Waals surface area contributed by atoms with E-state index in [1.165, 1.54) is 22.9 Å². The quantitative estimate of drug-likeness (QED) is 0.627. The first-order chi connectivity index (χ1) is 10.6. The molecule has 3 nitrogen and oxygen atoms in total. The molecule has 0 heterocycles. The summed E-state index contributed by atoms with van der Waals surface area (Å²) in [5.74, 6) is 1.29. The Hall–Kier alpha value is -1.94. The van der Waals surface area contributed by atoms with Gasteiger partial charge in [0.05, 0.1) is 12.3 Å². The van der Waals surface area contributed by atoms with Crippen LogP contribution < -0.4 is 10.1 Å². The molecule has 0 bridgehead atoms. The van der Waals surface area contributed by atoms with Gasteiger partial charge < -0.3 is 10.1 Å². The van der Waals surface area contributed by atoms with Crippen LogP contribution in [0.4, 0.5) is 0 Å². The molecular weight excluding hydrogens is 294 g/mol. The predicted molar refractivity (Wildman–Crippen MR) is 91.6 cm³/mol. The number of hydrogen-bond donors (Lipinski definition) is 1. The molecule has 2 rings (SSSR count). The molecule has 0 saturated carbocycles. The Balaban J connectivity index is 1.63. The average Bonchev–Trinajstić information content (AvgIpc) is 2.54. The molecule has 0 spiro atoms. The van der Waals surface area contributed by atoms with Gasteiger partial charge in [0.1, 0.15) is 12.4 Å². The summed E-state index contributed by atoms with van der Waals surface area (Å²) >= 11 is 1.53. The zero-order valence-electron chi connectivity index (χ0n) is 13.0. The molecule has 0 aliphatic heterocycles. The highest BCUT2D eigenvalue weighted by Crippen LogP contribution is 2.17. The van der Waals surface area contributed by atoms with E-state index in [0.29, 0.717) is 18.9 Å². The fraction of sp³-hybridized carbons (Fsp3) is 0.278. The summed E-state index contributed by atoms with van der Waals surface area (Å²) in [7, 11) is 0. The van der Waals surface area contributed by atoms with Crippen LogP contribution in [0.15, 0.2) is 53.4 Å². The number of ether oxygens (including phenoxy) is 1. The highest BCUT2D eigenvalue weighted by Gasteiger charge is 2.02. The fourth-order valence-corrected chi connectivity index (χ4v) is 2.63. The van der Waals surface area contributed by atoms with Crippen LogP contribution in [0.1, 0.15) is 11.1 Å². The molecular formula is C18H21NO2S. The molecule has 0 atom stereocenters. The Morgan fingerprint density at radius 2 is 1.86 bits per heavy atom. The first-order valence-corrected chi connectivity index (χ1v) is 8.28. The molecule has 1 N–H and O–H groups in total. The molecule has 116 valence electrons. The monoisotopic (exact) mass is 315 g/mol. The molecule has 0 aliphatic carbocycles. The van der Waals surface area contributed by atoms with E-state index in [-0.39, 0.29) is 5.91 Å². The van der Waals surface area contributed by atoms with Crippen LogP contribution in [-0.2, 0) is 4.79 Å². The summed E-state index contributed by atoms with van der Waals surface area (Å²) in [5, 5.41) is 2.86. The van der Waals surface area contributed by atoms with Gasteiger partial charge in [-0.1, -0.05) is 24.3 Å². The third-order valence-corrected chi connectivity index (χ3v) is 4.30. The standard InChI is InChI=1S/C18H21NO2S/c1-14-8-9-16(12-15(14)2)21-11-10-19-18(20)13-22-17-6-4-3-5-7-17/h3-9,12H,10-11,13H2,1-2H3,(H,19,20). The van der Waals surface area contributed by atoms with Gasteiger partial charge in [-0.2, -0.15) is 0 Å². The number of aryl methyl sites for hydroxylation is 2. The van der Waals surface area contributed by atoms with Gasteiger partial charge in [0.15, 0.2) is 0 Å². The van der Waals surface area contributed by atoms with E-state index in [1.807, 2.05) is 48.5 Å². The van der Waals surface area contributed by atoms with Crippen molar-refractivity contribution in [2.45, 2.75) is 18.7 Å². The Morgan fingerprint density at radius 1 is 1.09 bits per heavy atom. The zero-order valence-corrected chi connectivity index (χ0v) is 13.8. The highest BCUT2D eigenvalue weighted by atomic mass is 32.2. The van der Waals surface area contributed by atoms with Gasteiger partial charge >= 0.3 is 0 Å². The normalized spacial score (nSPS) is 10.3. The lowest BCUT2D eigenvalue weighted by Gasteiger charge is -2.09. The van der Waals surface area contributed by atoms with Gasteiger partial charge in [0.2, 0.25) is 5.91 Å². The van der Waals surface area contributed by atoms with E-state index >= 15 is 0 Å². The average molecular weight is 315 g/mol. The number of benzene rings is 2. The molecule has 0 aliphatic rings. The Morgan fingerprint density at radius 3 is 2.59 bits per heavy atom. The topological polar surface area (TPSA) is 38.3 Å². The van der Waals surface area contributed by atoms with Crippen LogP contribution in [0.2, 0.25) is 0 Å². The predicted octanol–water partition coefficient (Wildman–Crippen LogP) is 3.59. The van der Waals surface area contributed by atoms with Crippen molar-refractivity contribution in [3.63, 3.8) is 0 Å². The number of carbonyl (C=O) groups is 1. The number of nitrogens with one attached hydrogen (secondary N) is 1. The van der Waals surface area contributed by atoms with Crippen LogP contribution in [0.25, 0.3) is 0 Å². The SMILES string of the molecule is Cc1ccc(OCCNC(=O)CSc2ccccc2)cc1C. The van der Waals surface area contributed by atoms with Crippen molar-refractivity contribution < 1.29 is 9.53 Å². The maximum atomic E-state index is 11.7. The van der Waals surface area contributed by atoms with E-state index in [9.17, 15) is 4.79 Å². The maximum absolute atomic E-state index is 11.7. The maximum Gasteiger partial charge on any atom is 0.230 e. The third kappa shape index (κ3) is 5.45. The van der Waals surface area contributed by atoms with Crippen molar-refractivity contribution in [1.29, 1.82) is 0 Å². The van der Waals surface area contributed by atoms with E-state index in [4.69, 9.17) is 4.74 Å². The van der Waals surface area contributed by atoms with Gasteiger partial charge in [-0.3, -0.25) is 4.79 Å². The van der Waals surface area contributed by atoms with Crippen molar-refractivity contribution in [1.82, 2.24) is 5.32 Å². The molecule has 0 fully saturated rings. The number of rotatable bonds is 7. The minimum absolute atomic E-state index is 0.0255. The Bertz CT molecular complexity index is 614. The molecule has 0 radical (unpaired) electrons. The largest absolute Gasteiger partial charge is 0.492 e. The van der Waals surface area contributed by atoms with Crippen LogP contribution in [0, 0.1) is 13.8 Å². The summed E-state index contributed by atoms with van der Waals surface area (Å²) in [4.78, 5) is 12.8. The molecule has 1 amide bonds. The van der Waals surface area contributed by atoms with Crippen molar-refractivity contribution in [3.8, 4) is 5.75 Å².